The molecule has 4 heterocycles. The van der Waals surface area contributed by atoms with Crippen LogP contribution in [0.25, 0.3) is 0 Å². The van der Waals surface area contributed by atoms with Crippen molar-refractivity contribution in [1.29, 1.82) is 0 Å². The summed E-state index contributed by atoms with van der Waals surface area (Å²) in [4.78, 5) is 0. The Hall–Kier alpha value is -0.940. The fourth-order valence-corrected chi connectivity index (χ4v) is 12.7. The quantitative estimate of drug-likeness (QED) is 0.105. The Kier molecular flexibility index (Phi) is 13.7. The van der Waals surface area contributed by atoms with E-state index in [0.717, 1.165) is 50.5 Å². The third-order valence-corrected chi connectivity index (χ3v) is 16.3. The molecule has 8 rings (SSSR count). The first-order valence-corrected chi connectivity index (χ1v) is 21.8. The van der Waals surface area contributed by atoms with Gasteiger partial charge in [-0.2, -0.15) is 0 Å². The standard InChI is InChI=1S/C42H70O17/c1-20-13-39(3)10-6-12-42(53)21(2)7-5-11-40(42,4)28(39)9-8-23(20)54-18-27-36(59-38-35(51)34(50)31(47)25(16-44)58-38)22-14-41(37(22)52,29(17-45)57-27)55-19-26-32(48)33(49)30(46)24(15-43)56-26/h21-38,43-53H,1,5-19H2,2-4H3/t21-,22?,23-,24?,25?,26-,27-,28+,29?,30+,31+,32?,33?,34?,35?,36?,37-,38-,39+,40-,41?,42+/m0/s1. The fourth-order valence-electron chi connectivity index (χ4n) is 12.7. The smallest absolute Gasteiger partial charge is 0.187 e. The van der Waals surface area contributed by atoms with Crippen molar-refractivity contribution in [3.63, 3.8) is 0 Å². The van der Waals surface area contributed by atoms with Crippen molar-refractivity contribution in [2.24, 2.45) is 28.6 Å². The van der Waals surface area contributed by atoms with Gasteiger partial charge in [0.05, 0.1) is 56.9 Å². The van der Waals surface area contributed by atoms with Crippen LogP contribution in [0.15, 0.2) is 12.2 Å². The van der Waals surface area contributed by atoms with Crippen LogP contribution in [0, 0.1) is 28.6 Å². The van der Waals surface area contributed by atoms with E-state index in [4.69, 9.17) is 28.4 Å². The molecule has 8 aliphatic rings. The highest BCUT2D eigenvalue weighted by Gasteiger charge is 2.67. The van der Waals surface area contributed by atoms with Gasteiger partial charge in [-0.1, -0.05) is 33.8 Å². The van der Waals surface area contributed by atoms with E-state index in [-0.39, 0.29) is 35.7 Å². The first-order chi connectivity index (χ1) is 27.9. The van der Waals surface area contributed by atoms with Gasteiger partial charge in [0.1, 0.15) is 72.7 Å². The van der Waals surface area contributed by atoms with Crippen LogP contribution < -0.4 is 0 Å². The Morgan fingerprint density at radius 3 is 2.03 bits per heavy atom. The molecule has 10 unspecified atom stereocenters. The lowest BCUT2D eigenvalue weighted by atomic mass is 9.49. The van der Waals surface area contributed by atoms with Crippen LogP contribution in [-0.4, -0.2) is 192 Å². The van der Waals surface area contributed by atoms with E-state index >= 15 is 0 Å². The van der Waals surface area contributed by atoms with Crippen molar-refractivity contribution in [2.45, 2.75) is 188 Å². The molecule has 4 aliphatic heterocycles. The molecule has 8 fully saturated rings. The minimum atomic E-state index is -1.76. The molecular formula is C42H70O17. The van der Waals surface area contributed by atoms with Crippen LogP contribution in [0.3, 0.4) is 0 Å². The molecule has 2 bridgehead atoms. The number of aliphatic hydroxyl groups excluding tert-OH is 10. The zero-order valence-electron chi connectivity index (χ0n) is 34.6. The topological polar surface area (TPSA) is 278 Å². The molecule has 0 amide bonds. The average molecular weight is 847 g/mol. The molecule has 4 aliphatic carbocycles. The summed E-state index contributed by atoms with van der Waals surface area (Å²) < 4.78 is 37.2. The van der Waals surface area contributed by atoms with E-state index in [9.17, 15) is 56.2 Å². The first-order valence-electron chi connectivity index (χ1n) is 21.8. The summed E-state index contributed by atoms with van der Waals surface area (Å²) in [7, 11) is 0. The normalized spacial score (nSPS) is 54.2. The summed E-state index contributed by atoms with van der Waals surface area (Å²) >= 11 is 0. The van der Waals surface area contributed by atoms with E-state index in [2.05, 4.69) is 27.4 Å². The monoisotopic (exact) mass is 846 g/mol. The van der Waals surface area contributed by atoms with Gasteiger partial charge in [0.25, 0.3) is 0 Å². The highest BCUT2D eigenvalue weighted by Crippen LogP contribution is 2.64. The molecule has 4 saturated carbocycles. The van der Waals surface area contributed by atoms with Crippen molar-refractivity contribution in [3.8, 4) is 0 Å². The van der Waals surface area contributed by atoms with Gasteiger partial charge in [-0.15, -0.1) is 0 Å². The Labute approximate surface area is 345 Å². The molecule has 0 aromatic heterocycles. The van der Waals surface area contributed by atoms with Crippen LogP contribution >= 0.6 is 0 Å². The minimum absolute atomic E-state index is 0.0193. The maximum Gasteiger partial charge on any atom is 0.187 e. The summed E-state index contributed by atoms with van der Waals surface area (Å²) in [6.07, 6.45) is -12.6. The number of hydrogen-bond acceptors (Lipinski definition) is 17. The molecule has 17 heteroatoms. The molecule has 17 nitrogen and oxygen atoms in total. The van der Waals surface area contributed by atoms with Gasteiger partial charge in [0, 0.05) is 5.92 Å². The second-order valence-corrected chi connectivity index (χ2v) is 19.5. The molecule has 59 heavy (non-hydrogen) atoms. The van der Waals surface area contributed by atoms with Gasteiger partial charge in [-0.3, -0.25) is 0 Å². The maximum atomic E-state index is 12.4. The van der Waals surface area contributed by atoms with Gasteiger partial charge in [-0.25, -0.2) is 0 Å². The van der Waals surface area contributed by atoms with E-state index in [1.807, 2.05) is 0 Å². The van der Waals surface area contributed by atoms with Crippen LogP contribution in [-0.2, 0) is 28.4 Å². The summed E-state index contributed by atoms with van der Waals surface area (Å²) in [6, 6.07) is 0. The number of ether oxygens (including phenoxy) is 6. The van der Waals surface area contributed by atoms with Crippen molar-refractivity contribution < 1.29 is 84.6 Å². The second kappa shape index (κ2) is 17.6. The minimum Gasteiger partial charge on any atom is -0.394 e. The van der Waals surface area contributed by atoms with Gasteiger partial charge in [-0.05, 0) is 86.0 Å². The zero-order chi connectivity index (χ0) is 42.8. The highest BCUT2D eigenvalue weighted by molar-refractivity contribution is 5.18. The maximum absolute atomic E-state index is 12.4. The predicted molar refractivity (Wildman–Crippen MR) is 205 cm³/mol. The predicted octanol–water partition coefficient (Wildman–Crippen LogP) is -1.60. The third-order valence-electron chi connectivity index (χ3n) is 16.3. The number of hydrogen-bond donors (Lipinski definition) is 11. The van der Waals surface area contributed by atoms with Gasteiger partial charge >= 0.3 is 0 Å². The SMILES string of the molecule is C=C1C[C@@]2(C)CCC[C@@]3(O)[C@@H](C)CCC[C@@]3(C)[C@@H]2CC[C@@H]1OC[C@@H]1OC(CO)C2(OC[C@@H]3OC(CO)[C@@H](O)C(O)C3O)CC(C1O[C@@H]1OC(CO)[C@@H](O)C(O)C1O)[C@@H]2O. The molecule has 340 valence electrons. The van der Waals surface area contributed by atoms with Crippen molar-refractivity contribution in [2.75, 3.05) is 33.0 Å². The first kappa shape index (κ1) is 46.1. The van der Waals surface area contributed by atoms with Crippen LogP contribution in [0.5, 0.6) is 0 Å². The van der Waals surface area contributed by atoms with Crippen molar-refractivity contribution in [3.05, 3.63) is 12.2 Å². The van der Waals surface area contributed by atoms with Crippen LogP contribution in [0.2, 0.25) is 0 Å². The Morgan fingerprint density at radius 1 is 0.712 bits per heavy atom. The average Bonchev–Trinajstić information content (AvgIpc) is 3.51. The Balaban J connectivity index is 1.13. The molecule has 0 aromatic carbocycles. The van der Waals surface area contributed by atoms with Crippen LogP contribution in [0.4, 0.5) is 0 Å². The third kappa shape index (κ3) is 7.79. The lowest BCUT2D eigenvalue weighted by molar-refractivity contribution is -0.330. The lowest BCUT2D eigenvalue weighted by Crippen LogP contribution is -2.69. The van der Waals surface area contributed by atoms with Gasteiger partial charge < -0.3 is 84.6 Å². The van der Waals surface area contributed by atoms with Gasteiger partial charge in [0.15, 0.2) is 6.29 Å². The van der Waals surface area contributed by atoms with E-state index in [1.54, 1.807) is 0 Å². The summed E-state index contributed by atoms with van der Waals surface area (Å²) in [5.41, 5.74) is -1.84. The molecular weight excluding hydrogens is 776 g/mol. The molecule has 0 spiro atoms. The molecule has 11 N–H and O–H groups in total. The summed E-state index contributed by atoms with van der Waals surface area (Å²) in [6.45, 7) is 8.77. The van der Waals surface area contributed by atoms with Crippen LogP contribution in [0.1, 0.15) is 85.0 Å². The Bertz CT molecular complexity index is 1450. The molecule has 0 radical (unpaired) electrons. The Morgan fingerprint density at radius 2 is 1.37 bits per heavy atom. The molecule has 0 aromatic rings. The van der Waals surface area contributed by atoms with Crippen molar-refractivity contribution in [1.82, 2.24) is 0 Å². The number of fused-ring (bicyclic) bond motifs is 6. The number of aliphatic hydroxyl groups is 11. The summed E-state index contributed by atoms with van der Waals surface area (Å²) in [5.74, 6) is -0.384. The van der Waals surface area contributed by atoms with Crippen molar-refractivity contribution >= 4 is 0 Å². The van der Waals surface area contributed by atoms with E-state index in [1.165, 1.54) is 0 Å². The highest BCUT2D eigenvalue weighted by atomic mass is 16.7. The van der Waals surface area contributed by atoms with E-state index in [0.29, 0.717) is 12.8 Å². The lowest BCUT2D eigenvalue weighted by Gasteiger charge is -2.58. The van der Waals surface area contributed by atoms with E-state index < -0.39 is 135 Å². The largest absolute Gasteiger partial charge is 0.394 e. The zero-order valence-corrected chi connectivity index (χ0v) is 34.6. The fraction of sp³-hybridized carbons (Fsp3) is 0.952. The molecule has 4 saturated heterocycles. The molecule has 22 atom stereocenters. The second-order valence-electron chi connectivity index (χ2n) is 19.5. The summed E-state index contributed by atoms with van der Waals surface area (Å²) in [5, 5.41) is 118. The van der Waals surface area contributed by atoms with Gasteiger partial charge in [0.2, 0.25) is 0 Å². The number of rotatable bonds is 11.